The Bertz CT molecular complexity index is 1010. The Morgan fingerprint density at radius 2 is 1.85 bits per heavy atom. The Labute approximate surface area is 195 Å². The van der Waals surface area contributed by atoms with Crippen LogP contribution in [0.25, 0.3) is 0 Å². The fourth-order valence-electron chi connectivity index (χ4n) is 5.35. The van der Waals surface area contributed by atoms with E-state index in [2.05, 4.69) is 29.4 Å². The number of carbonyl (C=O) groups is 2. The van der Waals surface area contributed by atoms with Gasteiger partial charge in [0.15, 0.2) is 0 Å². The number of rotatable bonds is 7. The van der Waals surface area contributed by atoms with Crippen molar-refractivity contribution in [1.82, 2.24) is 0 Å². The molecule has 7 heteroatoms. The van der Waals surface area contributed by atoms with E-state index in [-0.39, 0.29) is 11.8 Å². The van der Waals surface area contributed by atoms with Crippen LogP contribution in [0.1, 0.15) is 45.1 Å². The van der Waals surface area contributed by atoms with E-state index in [0.717, 1.165) is 23.7 Å². The van der Waals surface area contributed by atoms with Crippen LogP contribution < -0.4 is 20.3 Å². The highest BCUT2D eigenvalue weighted by atomic mass is 16.7. The molecule has 0 spiro atoms. The van der Waals surface area contributed by atoms with Crippen LogP contribution in [-0.4, -0.2) is 29.9 Å². The maximum Gasteiger partial charge on any atom is 0.511 e. The van der Waals surface area contributed by atoms with Crippen molar-refractivity contribution in [2.24, 2.45) is 17.8 Å². The summed E-state index contributed by atoms with van der Waals surface area (Å²) < 4.78 is 4.88. The van der Waals surface area contributed by atoms with E-state index >= 15 is 0 Å². The molecule has 0 radical (unpaired) electrons. The van der Waals surface area contributed by atoms with Gasteiger partial charge in [-0.1, -0.05) is 38.0 Å². The molecule has 176 valence electrons. The summed E-state index contributed by atoms with van der Waals surface area (Å²) in [5.41, 5.74) is 3.24. The predicted molar refractivity (Wildman–Crippen MR) is 130 cm³/mol. The largest absolute Gasteiger partial charge is 0.511 e. The van der Waals surface area contributed by atoms with Gasteiger partial charge in [-0.2, -0.15) is 0 Å². The highest BCUT2D eigenvalue weighted by Gasteiger charge is 2.43. The fourth-order valence-corrected chi connectivity index (χ4v) is 5.35. The number of benzene rings is 2. The number of aryl methyl sites for hydroxylation is 1. The van der Waals surface area contributed by atoms with Crippen LogP contribution in [0.2, 0.25) is 0 Å². The second-order valence-corrected chi connectivity index (χ2v) is 9.78. The number of nitrogens with zero attached hydrogens (tertiary/aromatic N) is 1. The first kappa shape index (κ1) is 23.0. The molecule has 2 fully saturated rings. The number of anilines is 3. The Balaban J connectivity index is 1.63. The molecule has 3 atom stereocenters. The van der Waals surface area contributed by atoms with Crippen molar-refractivity contribution < 1.29 is 19.4 Å². The van der Waals surface area contributed by atoms with Crippen LogP contribution in [0.3, 0.4) is 0 Å². The molecule has 33 heavy (non-hydrogen) atoms. The van der Waals surface area contributed by atoms with E-state index < -0.39 is 6.16 Å². The molecular weight excluding hydrogens is 418 g/mol. The molecule has 2 saturated carbocycles. The first-order chi connectivity index (χ1) is 15.8. The van der Waals surface area contributed by atoms with Gasteiger partial charge in [0.25, 0.3) is 0 Å². The summed E-state index contributed by atoms with van der Waals surface area (Å²) in [7, 11) is 0. The molecule has 2 aromatic carbocycles. The Morgan fingerprint density at radius 3 is 2.45 bits per heavy atom. The molecule has 4 rings (SSSR count). The molecule has 3 N–H and O–H groups in total. The molecule has 2 bridgehead atoms. The van der Waals surface area contributed by atoms with Crippen molar-refractivity contribution >= 4 is 29.2 Å². The molecule has 2 aromatic rings. The standard InChI is InChI=1S/C26H33N3O4/c1-16(2)15-29(24-13-18-6-7-19(24)12-18)23-11-10-21(33-26(31)32)14-22(23)28-25(30)27-20-8-4-17(3)5-9-20/h4-5,8-11,14,16,18-19,24H,6-7,12-13,15H2,1-3H3,(H,31,32)(H2,27,28,30)/t18-,19?,24+/m0/s1. The van der Waals surface area contributed by atoms with Gasteiger partial charge in [-0.05, 0) is 68.2 Å². The van der Waals surface area contributed by atoms with E-state index in [0.29, 0.717) is 29.3 Å². The normalized spacial score (nSPS) is 21.2. The van der Waals surface area contributed by atoms with Crippen LogP contribution in [0.4, 0.5) is 26.7 Å². The lowest BCUT2D eigenvalue weighted by atomic mass is 9.92. The number of carbonyl (C=O) groups excluding carboxylic acids is 1. The maximum atomic E-state index is 12.8. The third-order valence-corrected chi connectivity index (χ3v) is 6.70. The van der Waals surface area contributed by atoms with Crippen LogP contribution in [0.5, 0.6) is 5.75 Å². The van der Waals surface area contributed by atoms with Crippen molar-refractivity contribution in [1.29, 1.82) is 0 Å². The first-order valence-electron chi connectivity index (χ1n) is 11.7. The van der Waals surface area contributed by atoms with E-state index in [4.69, 9.17) is 9.84 Å². The maximum absolute atomic E-state index is 12.8. The number of amides is 2. The molecule has 2 aliphatic carbocycles. The van der Waals surface area contributed by atoms with E-state index in [9.17, 15) is 9.59 Å². The van der Waals surface area contributed by atoms with E-state index in [1.807, 2.05) is 37.3 Å². The number of hydrogen-bond donors (Lipinski definition) is 3. The quantitative estimate of drug-likeness (QED) is 0.337. The van der Waals surface area contributed by atoms with Crippen molar-refractivity contribution in [3.05, 3.63) is 48.0 Å². The monoisotopic (exact) mass is 451 g/mol. The second kappa shape index (κ2) is 9.73. The lowest BCUT2D eigenvalue weighted by Crippen LogP contribution is -2.42. The SMILES string of the molecule is Cc1ccc(NC(=O)Nc2cc(OC(=O)O)ccc2N(CC(C)C)[C@@H]2C[C@H]3CCC2C3)cc1. The van der Waals surface area contributed by atoms with Crippen molar-refractivity contribution in [3.8, 4) is 5.75 Å². The van der Waals surface area contributed by atoms with Crippen LogP contribution in [0, 0.1) is 24.7 Å². The average molecular weight is 452 g/mol. The van der Waals surface area contributed by atoms with E-state index in [1.165, 1.54) is 25.7 Å². The fraction of sp³-hybridized carbons (Fsp3) is 0.462. The Morgan fingerprint density at radius 1 is 1.09 bits per heavy atom. The summed E-state index contributed by atoms with van der Waals surface area (Å²) >= 11 is 0. The second-order valence-electron chi connectivity index (χ2n) is 9.78. The molecule has 0 saturated heterocycles. The molecule has 2 amide bonds. The number of urea groups is 1. The molecule has 0 aliphatic heterocycles. The number of hydrogen-bond acceptors (Lipinski definition) is 4. The Kier molecular flexibility index (Phi) is 6.77. The number of nitrogens with one attached hydrogen (secondary N) is 2. The number of carboxylic acid groups (broad SMARTS) is 1. The lowest BCUT2D eigenvalue weighted by molar-refractivity contribution is 0.144. The average Bonchev–Trinajstić information content (AvgIpc) is 3.37. The summed E-state index contributed by atoms with van der Waals surface area (Å²) in [5, 5.41) is 14.9. The summed E-state index contributed by atoms with van der Waals surface area (Å²) in [5.74, 6) is 2.06. The number of ether oxygens (including phenoxy) is 1. The first-order valence-corrected chi connectivity index (χ1v) is 11.7. The van der Waals surface area contributed by atoms with Crippen molar-refractivity contribution in [2.45, 2.75) is 52.5 Å². The van der Waals surface area contributed by atoms with Crippen LogP contribution >= 0.6 is 0 Å². The molecular formula is C26H33N3O4. The van der Waals surface area contributed by atoms with Gasteiger partial charge < -0.3 is 25.4 Å². The van der Waals surface area contributed by atoms with Gasteiger partial charge in [0, 0.05) is 24.3 Å². The smallest absolute Gasteiger partial charge is 0.449 e. The van der Waals surface area contributed by atoms with Gasteiger partial charge in [0.1, 0.15) is 5.75 Å². The zero-order chi connectivity index (χ0) is 23.5. The molecule has 2 aliphatic rings. The minimum Gasteiger partial charge on any atom is -0.449 e. The third kappa shape index (κ3) is 5.59. The van der Waals surface area contributed by atoms with Gasteiger partial charge in [0.2, 0.25) is 0 Å². The zero-order valence-electron chi connectivity index (χ0n) is 19.5. The summed E-state index contributed by atoms with van der Waals surface area (Å²) in [4.78, 5) is 26.4. The van der Waals surface area contributed by atoms with Gasteiger partial charge in [-0.25, -0.2) is 9.59 Å². The molecule has 7 nitrogen and oxygen atoms in total. The minimum atomic E-state index is -1.38. The third-order valence-electron chi connectivity index (χ3n) is 6.70. The predicted octanol–water partition coefficient (Wildman–Crippen LogP) is 6.35. The highest BCUT2D eigenvalue weighted by Crippen LogP contribution is 2.48. The molecule has 1 unspecified atom stereocenters. The molecule has 0 heterocycles. The van der Waals surface area contributed by atoms with Crippen molar-refractivity contribution in [2.75, 3.05) is 22.1 Å². The van der Waals surface area contributed by atoms with E-state index in [1.54, 1.807) is 12.1 Å². The zero-order valence-corrected chi connectivity index (χ0v) is 19.5. The van der Waals surface area contributed by atoms with Crippen molar-refractivity contribution in [3.63, 3.8) is 0 Å². The highest BCUT2D eigenvalue weighted by molar-refractivity contribution is 6.02. The molecule has 0 aromatic heterocycles. The summed E-state index contributed by atoms with van der Waals surface area (Å²) in [6, 6.07) is 12.7. The summed E-state index contributed by atoms with van der Waals surface area (Å²) in [6.07, 6.45) is 3.62. The topological polar surface area (TPSA) is 90.9 Å². The van der Waals surface area contributed by atoms with Gasteiger partial charge in [-0.15, -0.1) is 0 Å². The summed E-state index contributed by atoms with van der Waals surface area (Å²) in [6.45, 7) is 7.24. The Hall–Kier alpha value is -3.22. The van der Waals surface area contributed by atoms with Gasteiger partial charge in [0.05, 0.1) is 11.4 Å². The minimum absolute atomic E-state index is 0.175. The lowest BCUT2D eigenvalue weighted by Gasteiger charge is -2.38. The van der Waals surface area contributed by atoms with Gasteiger partial charge in [-0.3, -0.25) is 0 Å². The van der Waals surface area contributed by atoms with Crippen LogP contribution in [0.15, 0.2) is 42.5 Å². The number of fused-ring (bicyclic) bond motifs is 2. The van der Waals surface area contributed by atoms with Gasteiger partial charge >= 0.3 is 12.2 Å². The van der Waals surface area contributed by atoms with Crippen LogP contribution in [-0.2, 0) is 0 Å².